The highest BCUT2D eigenvalue weighted by atomic mass is 32.2. The summed E-state index contributed by atoms with van der Waals surface area (Å²) in [4.78, 5) is 0. The average Bonchev–Trinajstić information content (AvgIpc) is 2.94. The van der Waals surface area contributed by atoms with Crippen molar-refractivity contribution < 1.29 is 9.84 Å². The molecule has 2 saturated carbocycles. The molecule has 1 N–H and O–H groups in total. The van der Waals surface area contributed by atoms with Crippen LogP contribution in [-0.4, -0.2) is 33.9 Å². The van der Waals surface area contributed by atoms with Gasteiger partial charge in [0.05, 0.1) is 6.10 Å². The number of hydrogen-bond donors (Lipinski definition) is 1. The molecule has 0 radical (unpaired) electrons. The van der Waals surface area contributed by atoms with Crippen molar-refractivity contribution in [1.82, 2.24) is 0 Å². The third kappa shape index (κ3) is 2.47. The van der Waals surface area contributed by atoms with E-state index in [0.29, 0.717) is 17.1 Å². The van der Waals surface area contributed by atoms with E-state index in [1.165, 1.54) is 32.1 Å². The monoisotopic (exact) mass is 284 g/mol. The molecule has 3 aliphatic rings. The molecule has 1 aliphatic heterocycles. The Morgan fingerprint density at radius 3 is 2.53 bits per heavy atom. The number of hydrogen-bond acceptors (Lipinski definition) is 3. The minimum Gasteiger partial charge on any atom is -0.389 e. The molecule has 3 fully saturated rings. The minimum absolute atomic E-state index is 0.276. The standard InChI is InChI=1S/C16H28O2S/c1-4-18-16(3)13(9-12-8-10(12)2)19-14(15(16)17)11-6-5-7-11/h10-15,17H,4-9H2,1-3H3. The van der Waals surface area contributed by atoms with Crippen molar-refractivity contribution in [3.8, 4) is 0 Å². The van der Waals surface area contributed by atoms with Gasteiger partial charge >= 0.3 is 0 Å². The Labute approximate surface area is 121 Å². The molecule has 1 heterocycles. The van der Waals surface area contributed by atoms with Crippen LogP contribution in [0.15, 0.2) is 0 Å². The predicted molar refractivity (Wildman–Crippen MR) is 80.4 cm³/mol. The van der Waals surface area contributed by atoms with E-state index in [0.717, 1.165) is 17.8 Å². The molecule has 19 heavy (non-hydrogen) atoms. The van der Waals surface area contributed by atoms with Crippen LogP contribution in [0.1, 0.15) is 52.9 Å². The van der Waals surface area contributed by atoms with Gasteiger partial charge in [0.1, 0.15) is 5.60 Å². The van der Waals surface area contributed by atoms with Gasteiger partial charge in [0.25, 0.3) is 0 Å². The van der Waals surface area contributed by atoms with E-state index in [1.54, 1.807) is 0 Å². The van der Waals surface area contributed by atoms with Crippen molar-refractivity contribution in [2.75, 3.05) is 6.61 Å². The number of rotatable bonds is 5. The van der Waals surface area contributed by atoms with E-state index < -0.39 is 0 Å². The number of thioether (sulfide) groups is 1. The second kappa shape index (κ2) is 5.23. The fourth-order valence-electron chi connectivity index (χ4n) is 3.83. The maximum absolute atomic E-state index is 10.8. The summed E-state index contributed by atoms with van der Waals surface area (Å²) in [6, 6.07) is 0. The normalized spacial score (nSPS) is 50.2. The van der Waals surface area contributed by atoms with Crippen LogP contribution in [0.3, 0.4) is 0 Å². The molecular weight excluding hydrogens is 256 g/mol. The summed E-state index contributed by atoms with van der Waals surface area (Å²) in [5.41, 5.74) is -0.317. The molecule has 0 spiro atoms. The Kier molecular flexibility index (Phi) is 3.92. The lowest BCUT2D eigenvalue weighted by atomic mass is 9.77. The van der Waals surface area contributed by atoms with Gasteiger partial charge in [0.15, 0.2) is 0 Å². The largest absolute Gasteiger partial charge is 0.389 e. The fraction of sp³-hybridized carbons (Fsp3) is 1.00. The van der Waals surface area contributed by atoms with Gasteiger partial charge in [-0.05, 0) is 57.3 Å². The molecule has 0 aromatic rings. The van der Waals surface area contributed by atoms with E-state index in [-0.39, 0.29) is 11.7 Å². The third-order valence-corrected chi connectivity index (χ3v) is 7.67. The summed E-state index contributed by atoms with van der Waals surface area (Å²) in [7, 11) is 0. The maximum Gasteiger partial charge on any atom is 0.104 e. The minimum atomic E-state index is -0.317. The Morgan fingerprint density at radius 2 is 2.05 bits per heavy atom. The van der Waals surface area contributed by atoms with Crippen LogP contribution >= 0.6 is 11.8 Å². The van der Waals surface area contributed by atoms with Crippen molar-refractivity contribution in [1.29, 1.82) is 0 Å². The number of aliphatic hydroxyl groups is 1. The molecule has 2 nitrogen and oxygen atoms in total. The van der Waals surface area contributed by atoms with Crippen LogP contribution < -0.4 is 0 Å². The molecule has 2 aliphatic carbocycles. The molecular formula is C16H28O2S. The zero-order valence-corrected chi connectivity index (χ0v) is 13.3. The van der Waals surface area contributed by atoms with Gasteiger partial charge in [-0.25, -0.2) is 0 Å². The smallest absolute Gasteiger partial charge is 0.104 e. The molecule has 6 atom stereocenters. The SMILES string of the molecule is CCOC1(C)C(CC2CC2C)SC(C2CCC2)C1O. The zero-order valence-electron chi connectivity index (χ0n) is 12.5. The van der Waals surface area contributed by atoms with E-state index in [9.17, 15) is 5.11 Å². The molecule has 3 heteroatoms. The molecule has 110 valence electrons. The lowest BCUT2D eigenvalue weighted by molar-refractivity contribution is -0.108. The molecule has 6 unspecified atom stereocenters. The second-order valence-corrected chi connectivity index (χ2v) is 8.44. The summed E-state index contributed by atoms with van der Waals surface area (Å²) < 4.78 is 6.06. The van der Waals surface area contributed by atoms with Crippen molar-refractivity contribution in [3.05, 3.63) is 0 Å². The molecule has 0 bridgehead atoms. The van der Waals surface area contributed by atoms with Gasteiger partial charge in [-0.2, -0.15) is 0 Å². The molecule has 0 aromatic carbocycles. The molecule has 0 amide bonds. The number of ether oxygens (including phenoxy) is 1. The first kappa shape index (κ1) is 14.2. The quantitative estimate of drug-likeness (QED) is 0.838. The molecule has 3 rings (SSSR count). The van der Waals surface area contributed by atoms with Crippen LogP contribution in [0, 0.1) is 17.8 Å². The first-order valence-corrected chi connectivity index (χ1v) is 8.98. The zero-order chi connectivity index (χ0) is 13.6. The van der Waals surface area contributed by atoms with Gasteiger partial charge in [0.2, 0.25) is 0 Å². The van der Waals surface area contributed by atoms with Gasteiger partial charge in [-0.15, -0.1) is 11.8 Å². The second-order valence-electron chi connectivity index (χ2n) is 7.05. The summed E-state index contributed by atoms with van der Waals surface area (Å²) >= 11 is 2.04. The third-order valence-electron chi connectivity index (χ3n) is 5.72. The lowest BCUT2D eigenvalue weighted by Crippen LogP contribution is -2.49. The lowest BCUT2D eigenvalue weighted by Gasteiger charge is -2.36. The summed E-state index contributed by atoms with van der Waals surface area (Å²) in [6.07, 6.45) is 6.31. The van der Waals surface area contributed by atoms with Crippen LogP contribution in [0.25, 0.3) is 0 Å². The van der Waals surface area contributed by atoms with Crippen LogP contribution in [-0.2, 0) is 4.74 Å². The highest BCUT2D eigenvalue weighted by molar-refractivity contribution is 8.01. The highest BCUT2D eigenvalue weighted by Crippen LogP contribution is 2.55. The van der Waals surface area contributed by atoms with Crippen molar-refractivity contribution >= 4 is 11.8 Å². The van der Waals surface area contributed by atoms with E-state index >= 15 is 0 Å². The maximum atomic E-state index is 10.8. The topological polar surface area (TPSA) is 29.5 Å². The Balaban J connectivity index is 1.71. The van der Waals surface area contributed by atoms with E-state index in [1.807, 2.05) is 11.8 Å². The van der Waals surface area contributed by atoms with Crippen LogP contribution in [0.5, 0.6) is 0 Å². The van der Waals surface area contributed by atoms with Crippen molar-refractivity contribution in [2.24, 2.45) is 17.8 Å². The average molecular weight is 284 g/mol. The Morgan fingerprint density at radius 1 is 1.37 bits per heavy atom. The number of aliphatic hydroxyl groups excluding tert-OH is 1. The molecule has 1 saturated heterocycles. The Hall–Kier alpha value is 0.270. The van der Waals surface area contributed by atoms with Gasteiger partial charge in [-0.1, -0.05) is 13.3 Å². The van der Waals surface area contributed by atoms with Gasteiger partial charge in [-0.3, -0.25) is 0 Å². The predicted octanol–water partition coefficient (Wildman–Crippen LogP) is 3.47. The van der Waals surface area contributed by atoms with Crippen LogP contribution in [0.2, 0.25) is 0 Å². The summed E-state index contributed by atoms with van der Waals surface area (Å²) in [6.45, 7) is 7.27. The van der Waals surface area contributed by atoms with Gasteiger partial charge < -0.3 is 9.84 Å². The summed E-state index contributed by atoms with van der Waals surface area (Å²) in [5.74, 6) is 2.51. The van der Waals surface area contributed by atoms with E-state index in [4.69, 9.17) is 4.74 Å². The Bertz CT molecular complexity index is 331. The highest BCUT2D eigenvalue weighted by Gasteiger charge is 2.56. The molecule has 0 aromatic heterocycles. The van der Waals surface area contributed by atoms with Crippen LogP contribution in [0.4, 0.5) is 0 Å². The van der Waals surface area contributed by atoms with E-state index in [2.05, 4.69) is 20.8 Å². The fourth-order valence-corrected chi connectivity index (χ4v) is 5.96. The first-order chi connectivity index (χ1) is 9.06. The van der Waals surface area contributed by atoms with Gasteiger partial charge in [0, 0.05) is 17.1 Å². The summed E-state index contributed by atoms with van der Waals surface area (Å²) in [5, 5.41) is 11.7. The first-order valence-electron chi connectivity index (χ1n) is 8.03. The van der Waals surface area contributed by atoms with Crippen molar-refractivity contribution in [3.63, 3.8) is 0 Å². The van der Waals surface area contributed by atoms with Crippen molar-refractivity contribution in [2.45, 2.75) is 75.1 Å².